The van der Waals surface area contributed by atoms with Crippen LogP contribution in [0.5, 0.6) is 0 Å². The van der Waals surface area contributed by atoms with Crippen molar-refractivity contribution in [3.63, 3.8) is 0 Å². The molecule has 0 bridgehead atoms. The first-order valence-corrected chi connectivity index (χ1v) is 12.4. The maximum Gasteiger partial charge on any atom is 0.236 e. The fourth-order valence-electron chi connectivity index (χ4n) is 5.12. The lowest BCUT2D eigenvalue weighted by molar-refractivity contribution is -0.124. The average molecular weight is 480 g/mol. The minimum absolute atomic E-state index is 0.0141. The van der Waals surface area contributed by atoms with E-state index >= 15 is 0 Å². The van der Waals surface area contributed by atoms with E-state index in [-0.39, 0.29) is 29.6 Å². The van der Waals surface area contributed by atoms with Gasteiger partial charge in [0.2, 0.25) is 11.7 Å². The fourth-order valence-corrected chi connectivity index (χ4v) is 5.12. The van der Waals surface area contributed by atoms with Crippen LogP contribution in [-0.4, -0.2) is 38.5 Å². The Balaban J connectivity index is 1.43. The lowest BCUT2D eigenvalue weighted by Crippen LogP contribution is -2.29. The SMILES string of the molecule is CCNC(=O)C1CCC(n2cnc3c(NCC(c4ccccc4)c4ccccc4)nc(C#N)nc32)C1. The third-order valence-electron chi connectivity index (χ3n) is 6.92. The van der Waals surface area contributed by atoms with Gasteiger partial charge in [0, 0.05) is 31.0 Å². The van der Waals surface area contributed by atoms with Gasteiger partial charge in [0.15, 0.2) is 17.0 Å². The van der Waals surface area contributed by atoms with Crippen molar-refractivity contribution in [3.05, 3.63) is 83.9 Å². The summed E-state index contributed by atoms with van der Waals surface area (Å²) < 4.78 is 2.01. The predicted octanol–water partition coefficient (Wildman–Crippen LogP) is 4.42. The molecule has 2 N–H and O–H groups in total. The number of anilines is 1. The van der Waals surface area contributed by atoms with Gasteiger partial charge in [0.05, 0.1) is 6.33 Å². The van der Waals surface area contributed by atoms with Gasteiger partial charge in [0.25, 0.3) is 0 Å². The van der Waals surface area contributed by atoms with Gasteiger partial charge < -0.3 is 15.2 Å². The summed E-state index contributed by atoms with van der Waals surface area (Å²) in [7, 11) is 0. The van der Waals surface area contributed by atoms with Gasteiger partial charge in [-0.15, -0.1) is 0 Å². The number of hydrogen-bond donors (Lipinski definition) is 2. The number of imidazole rings is 1. The van der Waals surface area contributed by atoms with Crippen molar-refractivity contribution in [1.82, 2.24) is 24.8 Å². The number of benzene rings is 2. The van der Waals surface area contributed by atoms with Crippen LogP contribution in [0.2, 0.25) is 0 Å². The second-order valence-electron chi connectivity index (χ2n) is 9.14. The molecule has 182 valence electrons. The maximum absolute atomic E-state index is 12.3. The summed E-state index contributed by atoms with van der Waals surface area (Å²) >= 11 is 0. The number of nitrogens with one attached hydrogen (secondary N) is 2. The van der Waals surface area contributed by atoms with Gasteiger partial charge in [-0.1, -0.05) is 60.7 Å². The van der Waals surface area contributed by atoms with E-state index in [9.17, 15) is 10.1 Å². The van der Waals surface area contributed by atoms with Crippen molar-refractivity contribution in [2.24, 2.45) is 5.92 Å². The first-order chi connectivity index (χ1) is 17.7. The Morgan fingerprint density at radius 3 is 2.42 bits per heavy atom. The van der Waals surface area contributed by atoms with Crippen LogP contribution in [0.3, 0.4) is 0 Å². The zero-order valence-corrected chi connectivity index (χ0v) is 20.3. The molecule has 2 aromatic carbocycles. The molecule has 2 aromatic heterocycles. The highest BCUT2D eigenvalue weighted by molar-refractivity contribution is 5.84. The molecular formula is C28H29N7O. The molecule has 1 saturated carbocycles. The van der Waals surface area contributed by atoms with Crippen molar-refractivity contribution in [2.45, 2.75) is 38.1 Å². The van der Waals surface area contributed by atoms with Crippen LogP contribution >= 0.6 is 0 Å². The number of rotatable bonds is 8. The van der Waals surface area contributed by atoms with Crippen molar-refractivity contribution in [1.29, 1.82) is 5.26 Å². The van der Waals surface area contributed by atoms with Crippen LogP contribution in [0.4, 0.5) is 5.82 Å². The Bertz CT molecular complexity index is 1340. The van der Waals surface area contributed by atoms with Crippen molar-refractivity contribution < 1.29 is 4.79 Å². The average Bonchev–Trinajstić information content (AvgIpc) is 3.57. The van der Waals surface area contributed by atoms with Crippen LogP contribution in [0.25, 0.3) is 11.2 Å². The molecule has 0 radical (unpaired) electrons. The minimum Gasteiger partial charge on any atom is -0.367 e. The minimum atomic E-state index is -0.0141. The third-order valence-corrected chi connectivity index (χ3v) is 6.92. The number of carbonyl (C=O) groups is 1. The second kappa shape index (κ2) is 10.6. The summed E-state index contributed by atoms with van der Waals surface area (Å²) in [4.78, 5) is 25.9. The van der Waals surface area contributed by atoms with E-state index < -0.39 is 0 Å². The summed E-state index contributed by atoms with van der Waals surface area (Å²) in [5, 5.41) is 16.0. The Labute approximate surface area is 210 Å². The van der Waals surface area contributed by atoms with Crippen LogP contribution in [0, 0.1) is 17.2 Å². The van der Waals surface area contributed by atoms with Gasteiger partial charge in [-0.3, -0.25) is 4.79 Å². The number of carbonyl (C=O) groups excluding carboxylic acids is 1. The molecule has 4 aromatic rings. The number of nitriles is 1. The Morgan fingerprint density at radius 2 is 1.78 bits per heavy atom. The van der Waals surface area contributed by atoms with E-state index in [1.54, 1.807) is 6.33 Å². The number of amides is 1. The number of fused-ring (bicyclic) bond motifs is 1. The topological polar surface area (TPSA) is 109 Å². The molecule has 0 saturated heterocycles. The molecule has 36 heavy (non-hydrogen) atoms. The summed E-state index contributed by atoms with van der Waals surface area (Å²) in [6, 6.07) is 22.9. The molecule has 1 aliphatic carbocycles. The monoisotopic (exact) mass is 479 g/mol. The van der Waals surface area contributed by atoms with Gasteiger partial charge in [0.1, 0.15) is 6.07 Å². The van der Waals surface area contributed by atoms with Crippen LogP contribution in [0.15, 0.2) is 67.0 Å². The maximum atomic E-state index is 12.3. The Morgan fingerprint density at radius 1 is 1.08 bits per heavy atom. The lowest BCUT2D eigenvalue weighted by atomic mass is 9.91. The van der Waals surface area contributed by atoms with Crippen LogP contribution in [0.1, 0.15) is 55.1 Å². The molecule has 2 unspecified atom stereocenters. The van der Waals surface area contributed by atoms with Crippen molar-refractivity contribution in [3.8, 4) is 6.07 Å². The number of nitrogens with zero attached hydrogens (tertiary/aromatic N) is 5. The first kappa shape index (κ1) is 23.5. The highest BCUT2D eigenvalue weighted by atomic mass is 16.1. The molecule has 1 aliphatic rings. The van der Waals surface area contributed by atoms with Gasteiger partial charge in [-0.25, -0.2) is 4.98 Å². The van der Waals surface area contributed by atoms with Crippen molar-refractivity contribution >= 4 is 22.9 Å². The van der Waals surface area contributed by atoms with Gasteiger partial charge in [-0.05, 0) is 37.3 Å². The first-order valence-electron chi connectivity index (χ1n) is 12.4. The quantitative estimate of drug-likeness (QED) is 0.387. The largest absolute Gasteiger partial charge is 0.367 e. The molecule has 1 fully saturated rings. The zero-order valence-electron chi connectivity index (χ0n) is 20.3. The van der Waals surface area contributed by atoms with E-state index in [1.807, 2.05) is 47.9 Å². The molecule has 2 heterocycles. The molecule has 2 atom stereocenters. The molecule has 8 heteroatoms. The molecule has 1 amide bonds. The Hall–Kier alpha value is -4.25. The number of hydrogen-bond acceptors (Lipinski definition) is 6. The Kier molecular flexibility index (Phi) is 6.89. The van der Waals surface area contributed by atoms with Crippen LogP contribution < -0.4 is 10.6 Å². The third kappa shape index (κ3) is 4.78. The smallest absolute Gasteiger partial charge is 0.236 e. The molecule has 8 nitrogen and oxygen atoms in total. The van der Waals surface area contributed by atoms with E-state index in [1.165, 1.54) is 11.1 Å². The predicted molar refractivity (Wildman–Crippen MR) is 138 cm³/mol. The summed E-state index contributed by atoms with van der Waals surface area (Å²) in [5.41, 5.74) is 3.64. The molecular weight excluding hydrogens is 450 g/mol. The summed E-state index contributed by atoms with van der Waals surface area (Å²) in [6.07, 6.45) is 4.19. The van der Waals surface area contributed by atoms with Crippen molar-refractivity contribution in [2.75, 3.05) is 18.4 Å². The normalized spacial score (nSPS) is 17.2. The zero-order chi connectivity index (χ0) is 24.9. The molecule has 0 spiro atoms. The number of aromatic nitrogens is 4. The molecule has 0 aliphatic heterocycles. The van der Waals surface area contributed by atoms with E-state index in [2.05, 4.69) is 55.9 Å². The van der Waals surface area contributed by atoms with E-state index in [0.717, 1.165) is 19.3 Å². The summed E-state index contributed by atoms with van der Waals surface area (Å²) in [5.74, 6) is 0.830. The van der Waals surface area contributed by atoms with Gasteiger partial charge in [-0.2, -0.15) is 15.2 Å². The molecule has 5 rings (SSSR count). The highest BCUT2D eigenvalue weighted by Crippen LogP contribution is 2.37. The highest BCUT2D eigenvalue weighted by Gasteiger charge is 2.32. The summed E-state index contributed by atoms with van der Waals surface area (Å²) in [6.45, 7) is 3.15. The van der Waals surface area contributed by atoms with E-state index in [4.69, 9.17) is 0 Å². The fraction of sp³-hybridized carbons (Fsp3) is 0.321. The standard InChI is InChI=1S/C28H29N7O/c1-2-30-28(36)21-13-14-22(15-21)35-18-32-25-26(33-24(16-29)34-27(25)35)31-17-23(19-9-5-3-6-10-19)20-11-7-4-8-12-20/h3-12,18,21-23H,2,13-15,17H2,1H3,(H,30,36)(H,31,33,34). The van der Waals surface area contributed by atoms with E-state index in [0.29, 0.717) is 30.1 Å². The lowest BCUT2D eigenvalue weighted by Gasteiger charge is -2.19. The van der Waals surface area contributed by atoms with Crippen LogP contribution in [-0.2, 0) is 4.79 Å². The van der Waals surface area contributed by atoms with Gasteiger partial charge >= 0.3 is 0 Å². The second-order valence-corrected chi connectivity index (χ2v) is 9.14.